The zero-order valence-corrected chi connectivity index (χ0v) is 17.1. The van der Waals surface area contributed by atoms with Gasteiger partial charge in [0.1, 0.15) is 5.00 Å². The minimum Gasteiger partial charge on any atom is -0.493 e. The Kier molecular flexibility index (Phi) is 6.28. The van der Waals surface area contributed by atoms with Gasteiger partial charge in [0, 0.05) is 5.56 Å². The molecule has 1 amide bonds. The molecule has 1 aromatic carbocycles. The molecule has 0 atom stereocenters. The molecule has 3 rings (SSSR count). The number of carbonyl (C=O) groups is 2. The molecule has 1 aliphatic rings. The van der Waals surface area contributed by atoms with Crippen LogP contribution in [0.3, 0.4) is 0 Å². The van der Waals surface area contributed by atoms with Crippen molar-refractivity contribution in [3.8, 4) is 11.5 Å². The summed E-state index contributed by atoms with van der Waals surface area (Å²) in [6, 6.07) is 4.94. The van der Waals surface area contributed by atoms with Gasteiger partial charge < -0.3 is 19.5 Å². The normalized spacial score (nSPS) is 12.9. The number of fused-ring (bicyclic) bond motifs is 1. The molecule has 2 heterocycles. The van der Waals surface area contributed by atoms with Gasteiger partial charge in [-0.2, -0.15) is 0 Å². The van der Waals surface area contributed by atoms with Gasteiger partial charge in [-0.15, -0.1) is 23.1 Å². The van der Waals surface area contributed by atoms with Crippen molar-refractivity contribution in [2.45, 2.75) is 24.0 Å². The van der Waals surface area contributed by atoms with E-state index in [4.69, 9.17) is 14.2 Å². The number of carbonyl (C=O) groups excluding carboxylic acids is 2. The van der Waals surface area contributed by atoms with Crippen LogP contribution in [0.4, 0.5) is 5.00 Å². The van der Waals surface area contributed by atoms with Crippen LogP contribution in [-0.2, 0) is 11.2 Å². The minimum absolute atomic E-state index is 0.291. The molecule has 0 unspecified atom stereocenters. The van der Waals surface area contributed by atoms with Gasteiger partial charge in [0.2, 0.25) is 0 Å². The molecular formula is C19H21NO5S2. The zero-order valence-electron chi connectivity index (χ0n) is 15.4. The van der Waals surface area contributed by atoms with Crippen LogP contribution in [0.15, 0.2) is 22.4 Å². The molecule has 0 fully saturated rings. The first kappa shape index (κ1) is 19.6. The van der Waals surface area contributed by atoms with Crippen molar-refractivity contribution in [1.82, 2.24) is 0 Å². The zero-order chi connectivity index (χ0) is 19.4. The van der Waals surface area contributed by atoms with E-state index in [1.54, 1.807) is 36.9 Å². The second-order valence-corrected chi connectivity index (χ2v) is 8.15. The predicted octanol–water partition coefficient (Wildman–Crippen LogP) is 4.23. The highest BCUT2D eigenvalue weighted by Gasteiger charge is 2.28. The van der Waals surface area contributed by atoms with Gasteiger partial charge >= 0.3 is 5.97 Å². The number of hydrogen-bond donors (Lipinski definition) is 1. The van der Waals surface area contributed by atoms with Crippen LogP contribution in [0, 0.1) is 0 Å². The monoisotopic (exact) mass is 407 g/mol. The van der Waals surface area contributed by atoms with E-state index in [0.29, 0.717) is 34.2 Å². The molecular weight excluding hydrogens is 386 g/mol. The highest BCUT2D eigenvalue weighted by molar-refractivity contribution is 8.01. The van der Waals surface area contributed by atoms with Gasteiger partial charge in [0.05, 0.1) is 30.6 Å². The van der Waals surface area contributed by atoms with Gasteiger partial charge in [-0.1, -0.05) is 0 Å². The molecule has 0 saturated heterocycles. The Hall–Kier alpha value is -2.19. The molecule has 0 radical (unpaired) electrons. The number of thioether (sulfide) groups is 1. The Bertz CT molecular complexity index is 862. The highest BCUT2D eigenvalue weighted by Crippen LogP contribution is 2.44. The Balaban J connectivity index is 1.92. The van der Waals surface area contributed by atoms with E-state index in [2.05, 4.69) is 5.32 Å². The van der Waals surface area contributed by atoms with Crippen LogP contribution in [-0.4, -0.2) is 38.5 Å². The topological polar surface area (TPSA) is 73.9 Å². The second kappa shape index (κ2) is 8.67. The first-order valence-electron chi connectivity index (χ1n) is 8.58. The Morgan fingerprint density at radius 3 is 2.67 bits per heavy atom. The van der Waals surface area contributed by atoms with E-state index in [0.717, 1.165) is 28.4 Å². The molecule has 1 aromatic heterocycles. The maximum Gasteiger partial charge on any atom is 0.341 e. The lowest BCUT2D eigenvalue weighted by molar-refractivity contribution is 0.0526. The summed E-state index contributed by atoms with van der Waals surface area (Å²) in [6.45, 7) is 2.06. The van der Waals surface area contributed by atoms with E-state index in [1.807, 2.05) is 0 Å². The van der Waals surface area contributed by atoms with Crippen LogP contribution in [0.2, 0.25) is 0 Å². The molecule has 1 aliphatic heterocycles. The summed E-state index contributed by atoms with van der Waals surface area (Å²) in [6.07, 6.45) is 1.82. The van der Waals surface area contributed by atoms with Gasteiger partial charge in [-0.3, -0.25) is 4.79 Å². The lowest BCUT2D eigenvalue weighted by atomic mass is 10.1. The molecule has 6 nitrogen and oxygen atoms in total. The molecule has 1 N–H and O–H groups in total. The molecule has 0 aliphatic carbocycles. The summed E-state index contributed by atoms with van der Waals surface area (Å²) in [4.78, 5) is 25.3. The van der Waals surface area contributed by atoms with Crippen LogP contribution in [0.5, 0.6) is 11.5 Å². The van der Waals surface area contributed by atoms with Crippen LogP contribution < -0.4 is 14.8 Å². The van der Waals surface area contributed by atoms with Gasteiger partial charge in [0.25, 0.3) is 5.91 Å². The van der Waals surface area contributed by atoms with Crippen molar-refractivity contribution in [3.05, 3.63) is 34.9 Å². The lowest BCUT2D eigenvalue weighted by Gasteiger charge is -2.12. The van der Waals surface area contributed by atoms with E-state index in [9.17, 15) is 9.59 Å². The average molecular weight is 408 g/mol. The summed E-state index contributed by atoms with van der Waals surface area (Å²) >= 11 is 3.15. The minimum atomic E-state index is -0.389. The van der Waals surface area contributed by atoms with Gasteiger partial charge in [-0.05, 0) is 49.3 Å². The maximum atomic E-state index is 12.8. The van der Waals surface area contributed by atoms with Crippen molar-refractivity contribution >= 4 is 40.0 Å². The third kappa shape index (κ3) is 4.06. The predicted molar refractivity (Wildman–Crippen MR) is 107 cm³/mol. The SMILES string of the molecule is CCOC(=O)c1c(NC(=O)c2ccc(OC)c(OC)c2)sc2c1CCCS2. The fourth-order valence-electron chi connectivity index (χ4n) is 2.86. The van der Waals surface area contributed by atoms with Crippen molar-refractivity contribution in [1.29, 1.82) is 0 Å². The van der Waals surface area contributed by atoms with Crippen molar-refractivity contribution in [3.63, 3.8) is 0 Å². The molecule has 27 heavy (non-hydrogen) atoms. The molecule has 0 saturated carbocycles. The Morgan fingerprint density at radius 2 is 1.96 bits per heavy atom. The summed E-state index contributed by atoms with van der Waals surface area (Å²) < 4.78 is 16.8. The fourth-order valence-corrected chi connectivity index (χ4v) is 5.41. The third-order valence-corrected chi connectivity index (χ3v) is 6.67. The number of ether oxygens (including phenoxy) is 3. The van der Waals surface area contributed by atoms with E-state index in [-0.39, 0.29) is 11.9 Å². The molecule has 2 aromatic rings. The van der Waals surface area contributed by atoms with E-state index in [1.165, 1.54) is 25.6 Å². The number of nitrogens with one attached hydrogen (secondary N) is 1. The first-order chi connectivity index (χ1) is 13.1. The largest absolute Gasteiger partial charge is 0.493 e. The standard InChI is InChI=1S/C19H21NO5S2/c1-4-25-18(22)15-12-6-5-9-26-19(12)27-17(15)20-16(21)11-7-8-13(23-2)14(10-11)24-3/h7-8,10H,4-6,9H2,1-3H3,(H,20,21). The van der Waals surface area contributed by atoms with Crippen LogP contribution in [0.1, 0.15) is 39.6 Å². The summed E-state index contributed by atoms with van der Waals surface area (Å²) in [7, 11) is 3.06. The Labute approximate surface area is 166 Å². The number of rotatable bonds is 6. The van der Waals surface area contributed by atoms with Gasteiger partial charge in [-0.25, -0.2) is 4.79 Å². The van der Waals surface area contributed by atoms with Crippen molar-refractivity contribution < 1.29 is 23.8 Å². The van der Waals surface area contributed by atoms with E-state index < -0.39 is 0 Å². The second-order valence-electron chi connectivity index (χ2n) is 5.77. The van der Waals surface area contributed by atoms with E-state index >= 15 is 0 Å². The summed E-state index contributed by atoms with van der Waals surface area (Å²) in [5, 5.41) is 3.42. The summed E-state index contributed by atoms with van der Waals surface area (Å²) in [5.74, 6) is 1.32. The molecule has 0 spiro atoms. The number of benzene rings is 1. The fraction of sp³-hybridized carbons (Fsp3) is 0.368. The number of esters is 1. The van der Waals surface area contributed by atoms with Crippen molar-refractivity contribution in [2.75, 3.05) is 31.9 Å². The molecule has 8 heteroatoms. The lowest BCUT2D eigenvalue weighted by Crippen LogP contribution is -2.15. The van der Waals surface area contributed by atoms with Crippen molar-refractivity contribution in [2.24, 2.45) is 0 Å². The quantitative estimate of drug-likeness (QED) is 0.723. The first-order valence-corrected chi connectivity index (χ1v) is 10.4. The van der Waals surface area contributed by atoms with Gasteiger partial charge in [0.15, 0.2) is 11.5 Å². The number of amides is 1. The number of thiophene rings is 1. The number of anilines is 1. The number of hydrogen-bond acceptors (Lipinski definition) is 7. The van der Waals surface area contributed by atoms with Crippen LogP contribution >= 0.6 is 23.1 Å². The smallest absolute Gasteiger partial charge is 0.341 e. The number of methoxy groups -OCH3 is 2. The molecule has 0 bridgehead atoms. The third-order valence-electron chi connectivity index (χ3n) is 4.13. The maximum absolute atomic E-state index is 12.8. The molecule has 144 valence electrons. The average Bonchev–Trinajstić information content (AvgIpc) is 3.05. The summed E-state index contributed by atoms with van der Waals surface area (Å²) in [5.41, 5.74) is 1.89. The Morgan fingerprint density at radius 1 is 1.19 bits per heavy atom. The van der Waals surface area contributed by atoms with Crippen LogP contribution in [0.25, 0.3) is 0 Å². The highest BCUT2D eigenvalue weighted by atomic mass is 32.2.